The van der Waals surface area contributed by atoms with Gasteiger partial charge in [-0.3, -0.25) is 4.79 Å². The zero-order valence-corrected chi connectivity index (χ0v) is 12.8. The molecule has 2 atom stereocenters. The highest BCUT2D eigenvalue weighted by atomic mass is 32.2. The average Bonchev–Trinajstić information content (AvgIpc) is 2.86. The van der Waals surface area contributed by atoms with Gasteiger partial charge >= 0.3 is 12.0 Å². The number of aliphatic carboxylic acids is 1. The van der Waals surface area contributed by atoms with Crippen molar-refractivity contribution in [2.75, 3.05) is 18.8 Å². The zero-order chi connectivity index (χ0) is 14.5. The number of hydrogen-bond acceptors (Lipinski definition) is 3. The van der Waals surface area contributed by atoms with Crippen molar-refractivity contribution in [2.45, 2.75) is 50.3 Å². The lowest BCUT2D eigenvalue weighted by Gasteiger charge is -2.32. The molecule has 2 aliphatic rings. The van der Waals surface area contributed by atoms with E-state index in [1.165, 1.54) is 12.8 Å². The molecule has 20 heavy (non-hydrogen) atoms. The molecule has 0 radical (unpaired) electrons. The lowest BCUT2D eigenvalue weighted by Crippen LogP contribution is -2.49. The van der Waals surface area contributed by atoms with Gasteiger partial charge in [-0.15, -0.1) is 0 Å². The summed E-state index contributed by atoms with van der Waals surface area (Å²) in [5.41, 5.74) is 0. The number of likely N-dealkylation sites (tertiary alicyclic amines) is 1. The minimum absolute atomic E-state index is 0.0116. The molecule has 2 unspecified atom stereocenters. The number of thioether (sulfide) groups is 1. The molecule has 1 saturated heterocycles. The van der Waals surface area contributed by atoms with Crippen molar-refractivity contribution in [3.8, 4) is 0 Å². The maximum absolute atomic E-state index is 12.2. The van der Waals surface area contributed by atoms with E-state index in [1.807, 2.05) is 11.8 Å². The molecule has 1 heterocycles. The predicted octanol–water partition coefficient (Wildman–Crippen LogP) is 2.17. The largest absolute Gasteiger partial charge is 0.481 e. The maximum Gasteiger partial charge on any atom is 0.317 e. The smallest absolute Gasteiger partial charge is 0.317 e. The summed E-state index contributed by atoms with van der Waals surface area (Å²) >= 11 is 1.93. The van der Waals surface area contributed by atoms with Crippen LogP contribution in [0.2, 0.25) is 0 Å². The van der Waals surface area contributed by atoms with Crippen molar-refractivity contribution in [1.82, 2.24) is 10.2 Å². The van der Waals surface area contributed by atoms with Crippen molar-refractivity contribution in [2.24, 2.45) is 5.92 Å². The molecule has 2 N–H and O–H groups in total. The van der Waals surface area contributed by atoms with E-state index in [2.05, 4.69) is 12.2 Å². The number of nitrogens with zero attached hydrogens (tertiary/aromatic N) is 1. The fourth-order valence-corrected chi connectivity index (χ4v) is 4.28. The van der Waals surface area contributed by atoms with Gasteiger partial charge in [0.25, 0.3) is 0 Å². The molecule has 0 aromatic heterocycles. The van der Waals surface area contributed by atoms with Crippen LogP contribution in [0.3, 0.4) is 0 Å². The van der Waals surface area contributed by atoms with Gasteiger partial charge in [-0.05, 0) is 31.4 Å². The summed E-state index contributed by atoms with van der Waals surface area (Å²) in [6, 6.07) is 0.270. The topological polar surface area (TPSA) is 69.6 Å². The van der Waals surface area contributed by atoms with Crippen LogP contribution in [0.4, 0.5) is 4.79 Å². The van der Waals surface area contributed by atoms with Crippen LogP contribution in [0.1, 0.15) is 39.0 Å². The summed E-state index contributed by atoms with van der Waals surface area (Å²) in [5.74, 6) is 0.0651. The van der Waals surface area contributed by atoms with Gasteiger partial charge in [0, 0.05) is 24.4 Å². The third-order valence-corrected chi connectivity index (χ3v) is 5.60. The minimum Gasteiger partial charge on any atom is -0.481 e. The first-order valence-electron chi connectivity index (χ1n) is 7.51. The lowest BCUT2D eigenvalue weighted by molar-refractivity contribution is -0.143. The van der Waals surface area contributed by atoms with Gasteiger partial charge < -0.3 is 15.3 Å². The number of piperidine rings is 1. The summed E-state index contributed by atoms with van der Waals surface area (Å²) in [5, 5.41) is 12.7. The number of hydrogen-bond donors (Lipinski definition) is 2. The van der Waals surface area contributed by atoms with E-state index < -0.39 is 5.97 Å². The Bertz CT molecular complexity index is 356. The molecule has 1 saturated carbocycles. The summed E-state index contributed by atoms with van der Waals surface area (Å²) in [6.45, 7) is 3.26. The van der Waals surface area contributed by atoms with Crippen LogP contribution in [-0.2, 0) is 4.79 Å². The highest BCUT2D eigenvalue weighted by molar-refractivity contribution is 7.99. The molecular weight excluding hydrogens is 276 g/mol. The molecule has 1 aliphatic carbocycles. The molecule has 0 bridgehead atoms. The molecular formula is C14H24N2O3S. The molecule has 0 spiro atoms. The fraction of sp³-hybridized carbons (Fsp3) is 0.857. The molecule has 114 valence electrons. The van der Waals surface area contributed by atoms with E-state index in [4.69, 9.17) is 5.11 Å². The highest BCUT2D eigenvalue weighted by Crippen LogP contribution is 2.30. The summed E-state index contributed by atoms with van der Waals surface area (Å²) in [6.07, 6.45) is 4.57. The normalized spacial score (nSPS) is 27.6. The molecule has 2 amide bonds. The van der Waals surface area contributed by atoms with E-state index >= 15 is 0 Å². The van der Waals surface area contributed by atoms with Crippen LogP contribution in [0, 0.1) is 5.92 Å². The molecule has 0 aromatic carbocycles. The van der Waals surface area contributed by atoms with Crippen molar-refractivity contribution in [3.63, 3.8) is 0 Å². The van der Waals surface area contributed by atoms with Crippen LogP contribution >= 0.6 is 11.8 Å². The Morgan fingerprint density at radius 3 is 2.55 bits per heavy atom. The second-order valence-electron chi connectivity index (χ2n) is 5.58. The Labute approximate surface area is 124 Å². The number of nitrogens with one attached hydrogen (secondary N) is 1. The van der Waals surface area contributed by atoms with Crippen LogP contribution in [0.25, 0.3) is 0 Å². The molecule has 0 aromatic rings. The minimum atomic E-state index is -0.736. The second kappa shape index (κ2) is 7.20. The Morgan fingerprint density at radius 2 is 1.95 bits per heavy atom. The van der Waals surface area contributed by atoms with E-state index in [9.17, 15) is 9.59 Å². The van der Waals surface area contributed by atoms with E-state index in [1.54, 1.807) is 4.90 Å². The Morgan fingerprint density at radius 1 is 1.25 bits per heavy atom. The summed E-state index contributed by atoms with van der Waals surface area (Å²) in [7, 11) is 0. The number of rotatable bonds is 4. The molecule has 6 heteroatoms. The quantitative estimate of drug-likeness (QED) is 0.835. The van der Waals surface area contributed by atoms with Gasteiger partial charge in [0.05, 0.1) is 5.92 Å². The number of carboxylic acids is 1. The first-order valence-corrected chi connectivity index (χ1v) is 8.56. The summed E-state index contributed by atoms with van der Waals surface area (Å²) < 4.78 is 0. The number of carbonyl (C=O) groups is 2. The van der Waals surface area contributed by atoms with E-state index in [0.29, 0.717) is 31.2 Å². The van der Waals surface area contributed by atoms with Crippen molar-refractivity contribution < 1.29 is 14.7 Å². The van der Waals surface area contributed by atoms with E-state index in [0.717, 1.165) is 12.2 Å². The Hall–Kier alpha value is -0.910. The second-order valence-corrected chi connectivity index (χ2v) is 7.10. The lowest BCUT2D eigenvalue weighted by atomic mass is 9.97. The first-order chi connectivity index (χ1) is 9.61. The van der Waals surface area contributed by atoms with Gasteiger partial charge in [-0.2, -0.15) is 11.8 Å². The molecule has 5 nitrogen and oxygen atoms in total. The highest BCUT2D eigenvalue weighted by Gasteiger charge is 2.32. The molecule has 2 rings (SSSR count). The third-order valence-electron chi connectivity index (χ3n) is 4.27. The molecule has 1 aliphatic heterocycles. The number of carboxylic acid groups (broad SMARTS) is 1. The van der Waals surface area contributed by atoms with Crippen LogP contribution in [0.5, 0.6) is 0 Å². The summed E-state index contributed by atoms with van der Waals surface area (Å²) in [4.78, 5) is 24.9. The molecule has 2 fully saturated rings. The number of amides is 2. The zero-order valence-electron chi connectivity index (χ0n) is 12.0. The SMILES string of the molecule is CCSC1CCCC1NC(=O)N1CCC(C(=O)O)CC1. The van der Waals surface area contributed by atoms with Crippen LogP contribution in [-0.4, -0.2) is 52.1 Å². The van der Waals surface area contributed by atoms with Crippen molar-refractivity contribution in [1.29, 1.82) is 0 Å². The number of carbonyl (C=O) groups excluding carboxylic acids is 1. The van der Waals surface area contributed by atoms with Gasteiger partial charge in [0.2, 0.25) is 0 Å². The third kappa shape index (κ3) is 3.81. The monoisotopic (exact) mass is 300 g/mol. The van der Waals surface area contributed by atoms with Crippen molar-refractivity contribution in [3.05, 3.63) is 0 Å². The van der Waals surface area contributed by atoms with E-state index in [-0.39, 0.29) is 18.0 Å². The van der Waals surface area contributed by atoms with Gasteiger partial charge in [-0.1, -0.05) is 13.3 Å². The predicted molar refractivity (Wildman–Crippen MR) is 80.0 cm³/mol. The first kappa shape index (κ1) is 15.5. The van der Waals surface area contributed by atoms with Crippen LogP contribution < -0.4 is 5.32 Å². The van der Waals surface area contributed by atoms with Crippen LogP contribution in [0.15, 0.2) is 0 Å². The Balaban J connectivity index is 1.79. The average molecular weight is 300 g/mol. The van der Waals surface area contributed by atoms with Crippen molar-refractivity contribution >= 4 is 23.8 Å². The van der Waals surface area contributed by atoms with Gasteiger partial charge in [0.1, 0.15) is 0 Å². The van der Waals surface area contributed by atoms with Gasteiger partial charge in [-0.25, -0.2) is 4.79 Å². The Kier molecular flexibility index (Phi) is 5.57. The maximum atomic E-state index is 12.2. The fourth-order valence-electron chi connectivity index (χ4n) is 3.08. The van der Waals surface area contributed by atoms with Gasteiger partial charge in [0.15, 0.2) is 0 Å². The number of urea groups is 1. The standard InChI is InChI=1S/C14H24N2O3S/c1-2-20-12-5-3-4-11(12)15-14(19)16-8-6-10(7-9-16)13(17)18/h10-12H,2-9H2,1H3,(H,15,19)(H,17,18).